The van der Waals surface area contributed by atoms with E-state index in [1.807, 2.05) is 32.0 Å². The first-order valence-electron chi connectivity index (χ1n) is 7.65. The van der Waals surface area contributed by atoms with Gasteiger partial charge in [0.05, 0.1) is 23.0 Å². The van der Waals surface area contributed by atoms with Gasteiger partial charge in [-0.3, -0.25) is 5.41 Å². The number of rotatable bonds is 3. The number of benzene rings is 1. The van der Waals surface area contributed by atoms with Crippen LogP contribution in [0.15, 0.2) is 24.3 Å². The lowest BCUT2D eigenvalue weighted by molar-refractivity contribution is 0.958. The highest BCUT2D eigenvalue weighted by Crippen LogP contribution is 2.18. The van der Waals surface area contributed by atoms with E-state index in [2.05, 4.69) is 24.9 Å². The van der Waals surface area contributed by atoms with Gasteiger partial charge in [-0.2, -0.15) is 0 Å². The molecule has 0 saturated carbocycles. The van der Waals surface area contributed by atoms with Crippen molar-refractivity contribution in [2.24, 2.45) is 5.73 Å². The molecule has 0 radical (unpaired) electrons. The first-order valence-corrected chi connectivity index (χ1v) is 7.65. The molecule has 0 aliphatic heterocycles. The number of pyridine rings is 1. The Bertz CT molecular complexity index is 1090. The van der Waals surface area contributed by atoms with E-state index in [0.717, 1.165) is 45.1 Å². The number of nitrogens with one attached hydrogen (secondary N) is 3. The van der Waals surface area contributed by atoms with E-state index in [1.165, 1.54) is 0 Å². The van der Waals surface area contributed by atoms with E-state index in [4.69, 9.17) is 11.1 Å². The zero-order valence-electron chi connectivity index (χ0n) is 13.4. The van der Waals surface area contributed by atoms with E-state index in [1.54, 1.807) is 6.07 Å². The first kappa shape index (κ1) is 14.4. The quantitative estimate of drug-likeness (QED) is 0.342. The largest absolute Gasteiger partial charge is 0.384 e. The fraction of sp³-hybridized carbons (Fsp3) is 0.176. The molecule has 0 aliphatic rings. The molecule has 0 amide bonds. The summed E-state index contributed by atoms with van der Waals surface area (Å²) in [5.74, 6) is 1.67. The summed E-state index contributed by atoms with van der Waals surface area (Å²) in [6.45, 7) is 4.01. The third kappa shape index (κ3) is 2.40. The minimum atomic E-state index is 0.0438. The van der Waals surface area contributed by atoms with E-state index in [-0.39, 0.29) is 5.84 Å². The van der Waals surface area contributed by atoms with Crippen molar-refractivity contribution in [3.63, 3.8) is 0 Å². The molecule has 7 nitrogen and oxygen atoms in total. The second-order valence-electron chi connectivity index (χ2n) is 5.97. The number of aromatic nitrogens is 5. The Labute approximate surface area is 137 Å². The van der Waals surface area contributed by atoms with E-state index in [9.17, 15) is 0 Å². The summed E-state index contributed by atoms with van der Waals surface area (Å²) in [5.41, 5.74) is 11.7. The predicted molar refractivity (Wildman–Crippen MR) is 93.3 cm³/mol. The Morgan fingerprint density at radius 2 is 1.88 bits per heavy atom. The molecule has 0 atom stereocenters. The molecule has 4 aromatic rings. The van der Waals surface area contributed by atoms with Crippen molar-refractivity contribution in [2.75, 3.05) is 0 Å². The molecule has 3 heterocycles. The van der Waals surface area contributed by atoms with Gasteiger partial charge >= 0.3 is 0 Å². The molecule has 24 heavy (non-hydrogen) atoms. The molecule has 0 bridgehead atoms. The summed E-state index contributed by atoms with van der Waals surface area (Å²) < 4.78 is 0. The number of fused-ring (bicyclic) bond motifs is 2. The number of amidine groups is 1. The van der Waals surface area contributed by atoms with Crippen molar-refractivity contribution in [1.29, 1.82) is 5.41 Å². The van der Waals surface area contributed by atoms with Gasteiger partial charge in [0.25, 0.3) is 0 Å². The maximum absolute atomic E-state index is 7.52. The lowest BCUT2D eigenvalue weighted by atomic mass is 10.2. The molecular weight excluding hydrogens is 302 g/mol. The topological polar surface area (TPSA) is 120 Å². The summed E-state index contributed by atoms with van der Waals surface area (Å²) in [5, 5.41) is 7.52. The molecule has 0 fully saturated rings. The summed E-state index contributed by atoms with van der Waals surface area (Å²) in [4.78, 5) is 20.2. The second-order valence-corrected chi connectivity index (χ2v) is 5.97. The van der Waals surface area contributed by atoms with Crippen molar-refractivity contribution < 1.29 is 0 Å². The van der Waals surface area contributed by atoms with Crippen molar-refractivity contribution in [3.8, 4) is 0 Å². The lowest BCUT2D eigenvalue weighted by Gasteiger charge is -1.96. The summed E-state index contributed by atoms with van der Waals surface area (Å²) in [6, 6.07) is 7.53. The van der Waals surface area contributed by atoms with Crippen LogP contribution in [0.3, 0.4) is 0 Å². The zero-order valence-corrected chi connectivity index (χ0v) is 13.4. The Morgan fingerprint density at radius 1 is 1.08 bits per heavy atom. The molecule has 0 saturated heterocycles. The van der Waals surface area contributed by atoms with Gasteiger partial charge in [-0.05, 0) is 43.7 Å². The van der Waals surface area contributed by atoms with Crippen molar-refractivity contribution >= 4 is 28.0 Å². The number of nitrogen functional groups attached to an aromatic ring is 1. The number of nitrogens with zero attached hydrogens (tertiary/aromatic N) is 3. The molecule has 7 heteroatoms. The van der Waals surface area contributed by atoms with Gasteiger partial charge in [-0.15, -0.1) is 0 Å². The van der Waals surface area contributed by atoms with Crippen LogP contribution in [-0.2, 0) is 6.42 Å². The fourth-order valence-corrected chi connectivity index (χ4v) is 2.91. The molecule has 3 aromatic heterocycles. The number of hydrogen-bond donors (Lipinski definition) is 4. The van der Waals surface area contributed by atoms with Crippen LogP contribution in [0, 0.1) is 19.3 Å². The molecule has 0 aliphatic carbocycles. The number of H-pyrrole nitrogens is 2. The minimum absolute atomic E-state index is 0.0438. The van der Waals surface area contributed by atoms with Crippen LogP contribution in [0.5, 0.6) is 0 Å². The highest BCUT2D eigenvalue weighted by molar-refractivity contribution is 5.97. The van der Waals surface area contributed by atoms with Crippen LogP contribution in [0.25, 0.3) is 22.2 Å². The summed E-state index contributed by atoms with van der Waals surface area (Å²) >= 11 is 0. The highest BCUT2D eigenvalue weighted by atomic mass is 15.0. The highest BCUT2D eigenvalue weighted by Gasteiger charge is 2.11. The van der Waals surface area contributed by atoms with Crippen LogP contribution in [0.1, 0.15) is 28.5 Å². The third-order valence-electron chi connectivity index (χ3n) is 4.01. The van der Waals surface area contributed by atoms with Gasteiger partial charge in [0.2, 0.25) is 0 Å². The maximum atomic E-state index is 7.52. The Balaban J connectivity index is 1.71. The Hall–Kier alpha value is -3.22. The van der Waals surface area contributed by atoms with Crippen LogP contribution in [0.2, 0.25) is 0 Å². The average Bonchev–Trinajstić information content (AvgIpc) is 3.09. The van der Waals surface area contributed by atoms with Gasteiger partial charge in [0.1, 0.15) is 17.5 Å². The molecule has 0 spiro atoms. The van der Waals surface area contributed by atoms with E-state index < -0.39 is 0 Å². The average molecular weight is 319 g/mol. The first-order chi connectivity index (χ1) is 11.5. The summed E-state index contributed by atoms with van der Waals surface area (Å²) in [6.07, 6.45) is 0.554. The number of aryl methyl sites for hydroxylation is 2. The maximum Gasteiger partial charge on any atom is 0.178 e. The lowest BCUT2D eigenvalue weighted by Crippen LogP contribution is -2.10. The zero-order chi connectivity index (χ0) is 16.8. The van der Waals surface area contributed by atoms with Crippen LogP contribution < -0.4 is 5.73 Å². The molecular formula is C17H17N7. The number of aromatic amines is 2. The molecule has 4 rings (SSSR count). The predicted octanol–water partition coefficient (Wildman–Crippen LogP) is 2.33. The third-order valence-corrected chi connectivity index (χ3v) is 4.01. The Kier molecular flexibility index (Phi) is 3.09. The van der Waals surface area contributed by atoms with Crippen LogP contribution >= 0.6 is 0 Å². The van der Waals surface area contributed by atoms with Crippen LogP contribution in [0.4, 0.5) is 0 Å². The standard InChI is InChI=1S/C17H17N7/c1-8-5-9(2)20-17-15(8)23-14(24-17)7-13-21-11-4-3-10(16(18)19)6-12(11)22-13/h3-6H,7H2,1-2H3,(H3,18,19)(H,21,22)(H,20,23,24). The fourth-order valence-electron chi connectivity index (χ4n) is 2.91. The van der Waals surface area contributed by atoms with Gasteiger partial charge in [-0.25, -0.2) is 15.0 Å². The van der Waals surface area contributed by atoms with E-state index >= 15 is 0 Å². The van der Waals surface area contributed by atoms with E-state index in [0.29, 0.717) is 12.0 Å². The Morgan fingerprint density at radius 3 is 2.67 bits per heavy atom. The smallest absolute Gasteiger partial charge is 0.178 e. The number of nitrogens with two attached hydrogens (primary N) is 1. The van der Waals surface area contributed by atoms with Crippen molar-refractivity contribution in [2.45, 2.75) is 20.3 Å². The summed E-state index contributed by atoms with van der Waals surface area (Å²) in [7, 11) is 0. The molecule has 120 valence electrons. The SMILES string of the molecule is Cc1cc(C)c2[nH]c(Cc3nc4ccc(C(=N)N)cc4[nH]3)nc2n1. The number of hydrogen-bond acceptors (Lipinski definition) is 4. The minimum Gasteiger partial charge on any atom is -0.384 e. The molecule has 1 aromatic carbocycles. The van der Waals surface area contributed by atoms with Gasteiger partial charge in [0, 0.05) is 11.3 Å². The van der Waals surface area contributed by atoms with Crippen molar-refractivity contribution in [1.82, 2.24) is 24.9 Å². The monoisotopic (exact) mass is 319 g/mol. The van der Waals surface area contributed by atoms with Gasteiger partial charge in [-0.1, -0.05) is 0 Å². The van der Waals surface area contributed by atoms with Gasteiger partial charge in [0.15, 0.2) is 5.65 Å². The normalized spacial score (nSPS) is 11.4. The number of imidazole rings is 2. The molecule has 5 N–H and O–H groups in total. The van der Waals surface area contributed by atoms with Gasteiger partial charge < -0.3 is 15.7 Å². The second kappa shape index (κ2) is 5.16. The van der Waals surface area contributed by atoms with Crippen LogP contribution in [-0.4, -0.2) is 30.8 Å². The van der Waals surface area contributed by atoms with Crippen molar-refractivity contribution in [3.05, 3.63) is 52.7 Å². The molecule has 0 unspecified atom stereocenters.